The van der Waals surface area contributed by atoms with E-state index in [4.69, 9.17) is 27.7 Å². The van der Waals surface area contributed by atoms with Gasteiger partial charge in [0, 0.05) is 12.5 Å². The Hall–Kier alpha value is -1.10. The van der Waals surface area contributed by atoms with Crippen LogP contribution in [0.25, 0.3) is 11.5 Å². The lowest BCUT2D eigenvalue weighted by Gasteiger charge is -2.04. The molecule has 2 rings (SSSR count). The van der Waals surface area contributed by atoms with Gasteiger partial charge in [-0.1, -0.05) is 34.4 Å². The molecule has 96 valence electrons. The predicted molar refractivity (Wildman–Crippen MR) is 72.0 cm³/mol. The fourth-order valence-electron chi connectivity index (χ4n) is 1.52. The summed E-state index contributed by atoms with van der Waals surface area (Å²) in [6.45, 7) is 2.04. The zero-order valence-corrected chi connectivity index (χ0v) is 11.6. The summed E-state index contributed by atoms with van der Waals surface area (Å²) in [6.07, 6.45) is 0.683. The van der Waals surface area contributed by atoms with Crippen LogP contribution in [0.5, 0.6) is 0 Å². The molecule has 0 radical (unpaired) electrons. The first-order valence-corrected chi connectivity index (χ1v) is 6.31. The van der Waals surface area contributed by atoms with E-state index in [0.717, 1.165) is 0 Å². The van der Waals surface area contributed by atoms with Crippen LogP contribution in [0.2, 0.25) is 10.0 Å². The van der Waals surface area contributed by atoms with Crippen LogP contribution in [0.1, 0.15) is 12.7 Å². The van der Waals surface area contributed by atoms with Crippen molar-refractivity contribution in [1.29, 1.82) is 0 Å². The third-order valence-electron chi connectivity index (χ3n) is 2.63. The van der Waals surface area contributed by atoms with E-state index < -0.39 is 0 Å². The predicted octanol–water partition coefficient (Wildman–Crippen LogP) is 3.19. The normalized spacial score (nSPS) is 12.7. The largest absolute Gasteiger partial charge is 0.334 e. The van der Waals surface area contributed by atoms with Crippen molar-refractivity contribution in [2.24, 2.45) is 0 Å². The molecule has 0 fully saturated rings. The number of benzene rings is 1. The Morgan fingerprint density at radius 2 is 2.00 bits per heavy atom. The first-order chi connectivity index (χ1) is 8.61. The van der Waals surface area contributed by atoms with Crippen molar-refractivity contribution >= 4 is 23.2 Å². The van der Waals surface area contributed by atoms with Crippen molar-refractivity contribution in [2.45, 2.75) is 19.4 Å². The molecule has 18 heavy (non-hydrogen) atoms. The first kappa shape index (κ1) is 13.3. The Morgan fingerprint density at radius 3 is 2.61 bits per heavy atom. The third-order valence-corrected chi connectivity index (χ3v) is 3.26. The number of nitrogens with zero attached hydrogens (tertiary/aromatic N) is 2. The smallest absolute Gasteiger partial charge is 0.260 e. The Labute approximate surface area is 115 Å². The van der Waals surface area contributed by atoms with Crippen LogP contribution < -0.4 is 5.32 Å². The third kappa shape index (κ3) is 2.83. The second-order valence-electron chi connectivity index (χ2n) is 4.01. The van der Waals surface area contributed by atoms with E-state index in [2.05, 4.69) is 15.5 Å². The Balaban J connectivity index is 2.30. The van der Waals surface area contributed by atoms with E-state index in [0.29, 0.717) is 33.7 Å². The molecule has 1 unspecified atom stereocenters. The lowest BCUT2D eigenvalue weighted by molar-refractivity contribution is 0.418. The number of nitrogens with one attached hydrogen (secondary N) is 1. The van der Waals surface area contributed by atoms with Gasteiger partial charge in [0.25, 0.3) is 5.89 Å². The van der Waals surface area contributed by atoms with Crippen molar-refractivity contribution in [3.63, 3.8) is 0 Å². The fraction of sp³-hybridized carbons (Fsp3) is 0.333. The molecule has 4 nitrogen and oxygen atoms in total. The molecule has 0 aliphatic rings. The van der Waals surface area contributed by atoms with Crippen LogP contribution in [-0.2, 0) is 6.42 Å². The molecular weight excluding hydrogens is 273 g/mol. The van der Waals surface area contributed by atoms with Gasteiger partial charge in [-0.05, 0) is 26.1 Å². The number of halogens is 2. The van der Waals surface area contributed by atoms with Crippen LogP contribution in [-0.4, -0.2) is 23.2 Å². The molecule has 0 bridgehead atoms. The average molecular weight is 286 g/mol. The van der Waals surface area contributed by atoms with E-state index in [1.807, 2.05) is 14.0 Å². The Morgan fingerprint density at radius 1 is 1.33 bits per heavy atom. The summed E-state index contributed by atoms with van der Waals surface area (Å²) in [4.78, 5) is 4.30. The van der Waals surface area contributed by atoms with Crippen LogP contribution in [0, 0.1) is 0 Å². The maximum atomic E-state index is 6.08. The van der Waals surface area contributed by atoms with Crippen LogP contribution in [0.15, 0.2) is 22.7 Å². The van der Waals surface area contributed by atoms with E-state index >= 15 is 0 Å². The maximum absolute atomic E-state index is 6.08. The van der Waals surface area contributed by atoms with Crippen molar-refractivity contribution in [3.05, 3.63) is 34.1 Å². The lowest BCUT2D eigenvalue weighted by Crippen LogP contribution is -2.24. The highest BCUT2D eigenvalue weighted by Gasteiger charge is 2.16. The summed E-state index contributed by atoms with van der Waals surface area (Å²) in [5.41, 5.74) is 0.580. The highest BCUT2D eigenvalue weighted by atomic mass is 35.5. The van der Waals surface area contributed by atoms with Crippen LogP contribution in [0.4, 0.5) is 0 Å². The number of rotatable bonds is 4. The molecule has 6 heteroatoms. The summed E-state index contributed by atoms with van der Waals surface area (Å²) in [6, 6.07) is 5.53. The number of hydrogen-bond acceptors (Lipinski definition) is 4. The summed E-state index contributed by atoms with van der Waals surface area (Å²) in [7, 11) is 1.89. The van der Waals surface area contributed by atoms with Crippen molar-refractivity contribution in [2.75, 3.05) is 7.05 Å². The zero-order valence-electron chi connectivity index (χ0n) is 10.1. The van der Waals surface area contributed by atoms with Crippen molar-refractivity contribution < 1.29 is 4.52 Å². The van der Waals surface area contributed by atoms with Crippen molar-refractivity contribution in [1.82, 2.24) is 15.5 Å². The second-order valence-corrected chi connectivity index (χ2v) is 4.82. The molecule has 0 aliphatic carbocycles. The molecular formula is C12H13Cl2N3O. The highest BCUT2D eigenvalue weighted by Crippen LogP contribution is 2.33. The number of likely N-dealkylation sites (N-methyl/N-ethyl adjacent to an activating group) is 1. The summed E-state index contributed by atoms with van der Waals surface area (Å²) in [5, 5.41) is 8.03. The molecule has 1 heterocycles. The molecule has 0 aliphatic heterocycles. The van der Waals surface area contributed by atoms with Gasteiger partial charge in [0.2, 0.25) is 0 Å². The highest BCUT2D eigenvalue weighted by molar-refractivity contribution is 6.38. The fourth-order valence-corrected chi connectivity index (χ4v) is 2.08. The molecule has 1 aromatic carbocycles. The van der Waals surface area contributed by atoms with Crippen LogP contribution in [0.3, 0.4) is 0 Å². The first-order valence-electron chi connectivity index (χ1n) is 5.56. The average Bonchev–Trinajstić information content (AvgIpc) is 2.77. The molecule has 0 saturated carbocycles. The van der Waals surface area contributed by atoms with E-state index in [1.54, 1.807) is 18.2 Å². The Bertz CT molecular complexity index is 522. The monoisotopic (exact) mass is 285 g/mol. The minimum Gasteiger partial charge on any atom is -0.334 e. The lowest BCUT2D eigenvalue weighted by atomic mass is 10.2. The van der Waals surface area contributed by atoms with Gasteiger partial charge in [-0.15, -0.1) is 0 Å². The molecule has 0 amide bonds. The SMILES string of the molecule is CNC(C)Cc1noc(-c2c(Cl)cccc2Cl)n1. The quantitative estimate of drug-likeness (QED) is 0.937. The van der Waals surface area contributed by atoms with E-state index in [9.17, 15) is 0 Å². The van der Waals surface area contributed by atoms with Gasteiger partial charge in [-0.25, -0.2) is 0 Å². The molecule has 0 spiro atoms. The van der Waals surface area contributed by atoms with Crippen LogP contribution >= 0.6 is 23.2 Å². The van der Waals surface area contributed by atoms with Gasteiger partial charge >= 0.3 is 0 Å². The van der Waals surface area contributed by atoms with E-state index in [-0.39, 0.29) is 6.04 Å². The van der Waals surface area contributed by atoms with Gasteiger partial charge in [0.05, 0.1) is 15.6 Å². The molecule has 1 aromatic heterocycles. The molecule has 0 saturated heterocycles. The minimum absolute atomic E-state index is 0.275. The van der Waals surface area contributed by atoms with E-state index in [1.165, 1.54) is 0 Å². The second kappa shape index (κ2) is 5.69. The molecule has 1 N–H and O–H groups in total. The number of hydrogen-bond donors (Lipinski definition) is 1. The summed E-state index contributed by atoms with van der Waals surface area (Å²) >= 11 is 12.2. The van der Waals surface area contributed by atoms with Gasteiger partial charge in [0.1, 0.15) is 0 Å². The molecule has 1 atom stereocenters. The topological polar surface area (TPSA) is 51.0 Å². The Kier molecular flexibility index (Phi) is 4.22. The zero-order chi connectivity index (χ0) is 13.1. The maximum Gasteiger partial charge on any atom is 0.260 e. The summed E-state index contributed by atoms with van der Waals surface area (Å²) < 4.78 is 5.20. The standard InChI is InChI=1S/C12H13Cl2N3O/c1-7(15-2)6-10-16-12(18-17-10)11-8(13)4-3-5-9(11)14/h3-5,7,15H,6H2,1-2H3. The van der Waals surface area contributed by atoms with Gasteiger partial charge in [0.15, 0.2) is 5.82 Å². The summed E-state index contributed by atoms with van der Waals surface area (Å²) in [5.74, 6) is 0.978. The van der Waals surface area contributed by atoms with Gasteiger partial charge < -0.3 is 9.84 Å². The van der Waals surface area contributed by atoms with Gasteiger partial charge in [-0.2, -0.15) is 4.98 Å². The number of aromatic nitrogens is 2. The van der Waals surface area contributed by atoms with Crippen molar-refractivity contribution in [3.8, 4) is 11.5 Å². The van der Waals surface area contributed by atoms with Gasteiger partial charge in [-0.3, -0.25) is 0 Å². The molecule has 2 aromatic rings. The minimum atomic E-state index is 0.275.